The van der Waals surface area contributed by atoms with Gasteiger partial charge in [-0.2, -0.15) is 0 Å². The van der Waals surface area contributed by atoms with E-state index in [9.17, 15) is 4.79 Å². The lowest BCUT2D eigenvalue weighted by molar-refractivity contribution is -0.139. The predicted octanol–water partition coefficient (Wildman–Crippen LogP) is 8.57. The van der Waals surface area contributed by atoms with Crippen LogP contribution in [0, 0.1) is 0 Å². The van der Waals surface area contributed by atoms with Gasteiger partial charge in [0, 0.05) is 5.57 Å². The Morgan fingerprint density at radius 2 is 1.44 bits per heavy atom. The number of hydrogen-bond donors (Lipinski definition) is 0. The lowest BCUT2D eigenvalue weighted by Gasteiger charge is -2.30. The number of esters is 1. The lowest BCUT2D eigenvalue weighted by Crippen LogP contribution is -2.31. The van der Waals surface area contributed by atoms with Gasteiger partial charge in [0.2, 0.25) is 0 Å². The Bertz CT molecular complexity index is 916. The molecular formula is C34H57N3O4. The molecule has 1 aromatic rings. The fourth-order valence-corrected chi connectivity index (χ4v) is 6.78. The third kappa shape index (κ3) is 11.5. The maximum atomic E-state index is 11.7. The Morgan fingerprint density at radius 1 is 0.805 bits per heavy atom. The summed E-state index contributed by atoms with van der Waals surface area (Å²) in [5, 5.41) is 8.97. The lowest BCUT2D eigenvalue weighted by atomic mass is 9.98. The van der Waals surface area contributed by atoms with E-state index < -0.39 is 0 Å². The van der Waals surface area contributed by atoms with Crippen LogP contribution < -0.4 is 0 Å². The third-order valence-electron chi connectivity index (χ3n) is 9.16. The number of unbranched alkanes of at least 4 members (excludes halogenated alkanes) is 10. The Hall–Kier alpha value is -1.73. The van der Waals surface area contributed by atoms with Gasteiger partial charge in [-0.1, -0.05) is 82.8 Å². The van der Waals surface area contributed by atoms with Gasteiger partial charge in [0.15, 0.2) is 0 Å². The van der Waals surface area contributed by atoms with Gasteiger partial charge in [0.25, 0.3) is 0 Å². The molecule has 0 bridgehead atoms. The van der Waals surface area contributed by atoms with Crippen LogP contribution in [0.5, 0.6) is 0 Å². The van der Waals surface area contributed by atoms with Crippen LogP contribution in [-0.4, -0.2) is 45.4 Å². The molecule has 0 unspecified atom stereocenters. The molecular weight excluding hydrogens is 514 g/mol. The Morgan fingerprint density at radius 3 is 2.15 bits per heavy atom. The molecule has 4 rings (SSSR count). The first kappa shape index (κ1) is 32.2. The monoisotopic (exact) mass is 571 g/mol. The molecule has 0 spiro atoms. The van der Waals surface area contributed by atoms with Gasteiger partial charge in [0.05, 0.1) is 31.1 Å². The van der Waals surface area contributed by atoms with Gasteiger partial charge in [-0.25, -0.2) is 9.48 Å². The van der Waals surface area contributed by atoms with Gasteiger partial charge in [-0.05, 0) is 77.2 Å². The zero-order chi connectivity index (χ0) is 28.7. The van der Waals surface area contributed by atoms with Crippen LogP contribution in [0.1, 0.15) is 160 Å². The molecule has 0 saturated carbocycles. The van der Waals surface area contributed by atoms with E-state index >= 15 is 0 Å². The second-order valence-corrected chi connectivity index (χ2v) is 12.9. The van der Waals surface area contributed by atoms with Gasteiger partial charge >= 0.3 is 5.97 Å². The van der Waals surface area contributed by atoms with Crippen LogP contribution in [-0.2, 0) is 25.5 Å². The normalized spacial score (nSPS) is 26.7. The molecule has 4 heterocycles. The maximum absolute atomic E-state index is 11.7. The van der Waals surface area contributed by atoms with Crippen molar-refractivity contribution in [3.05, 3.63) is 23.5 Å². The van der Waals surface area contributed by atoms with Crippen LogP contribution in [0.2, 0.25) is 0 Å². The molecule has 41 heavy (non-hydrogen) atoms. The van der Waals surface area contributed by atoms with E-state index in [1.807, 2.05) is 17.7 Å². The fraction of sp³-hybridized carbons (Fsp3) is 0.853. The van der Waals surface area contributed by atoms with Crippen molar-refractivity contribution < 1.29 is 19.0 Å². The van der Waals surface area contributed by atoms with Crippen LogP contribution in [0.15, 0.2) is 17.8 Å². The molecule has 0 aliphatic carbocycles. The van der Waals surface area contributed by atoms with Crippen LogP contribution in [0.3, 0.4) is 0 Å². The summed E-state index contributed by atoms with van der Waals surface area (Å²) in [6.07, 6.45) is 30.7. The molecule has 7 heteroatoms. The standard InChI is InChI=1S/C34H57N3O4/c1-3-4-5-13-18-29-20-15-22-31(40-29)25-37-26-32(35-36-37)33-23-16-21-30(41-33)19-14-11-9-7-6-8-10-12-17-28-24-27(2)39-34(28)38/h24,26-27,29-31,33H,3-23,25H2,1-2H3/t27-,29-,30-,31-,33-/m0/s1. The highest BCUT2D eigenvalue weighted by Crippen LogP contribution is 2.32. The minimum atomic E-state index is -0.108. The second kappa shape index (κ2) is 18.0. The molecule has 232 valence electrons. The number of rotatable bonds is 19. The van der Waals surface area contributed by atoms with Crippen LogP contribution >= 0.6 is 0 Å². The Labute approximate surface area is 249 Å². The van der Waals surface area contributed by atoms with Crippen molar-refractivity contribution in [2.45, 2.75) is 186 Å². The summed E-state index contributed by atoms with van der Waals surface area (Å²) < 4.78 is 20.1. The average Bonchev–Trinajstić information content (AvgIpc) is 3.57. The van der Waals surface area contributed by atoms with Crippen LogP contribution in [0.25, 0.3) is 0 Å². The SMILES string of the molecule is CCCCCC[C@H]1CCC[C@@H](Cn2cc([C@@H]3CCC[C@H](CCCCCCCCCCC4=C[C@H](C)OC4=O)O3)nn2)O1. The molecule has 0 N–H and O–H groups in total. The Kier molecular flexibility index (Phi) is 14.2. The largest absolute Gasteiger partial charge is 0.455 e. The molecule has 2 saturated heterocycles. The highest BCUT2D eigenvalue weighted by atomic mass is 16.5. The van der Waals surface area contributed by atoms with Gasteiger partial charge in [-0.15, -0.1) is 5.10 Å². The van der Waals surface area contributed by atoms with E-state index in [4.69, 9.17) is 14.2 Å². The van der Waals surface area contributed by atoms with E-state index in [0.717, 1.165) is 49.9 Å². The van der Waals surface area contributed by atoms with Crippen molar-refractivity contribution in [3.8, 4) is 0 Å². The molecule has 3 aliphatic heterocycles. The van der Waals surface area contributed by atoms with E-state index in [0.29, 0.717) is 12.2 Å². The summed E-state index contributed by atoms with van der Waals surface area (Å²) in [5.74, 6) is -0.108. The summed E-state index contributed by atoms with van der Waals surface area (Å²) in [4.78, 5) is 11.7. The summed E-state index contributed by atoms with van der Waals surface area (Å²) in [5.41, 5.74) is 1.88. The molecule has 5 atom stereocenters. The van der Waals surface area contributed by atoms with E-state index in [2.05, 4.69) is 23.4 Å². The molecule has 3 aliphatic rings. The zero-order valence-electron chi connectivity index (χ0n) is 26.1. The fourth-order valence-electron chi connectivity index (χ4n) is 6.78. The molecule has 1 aromatic heterocycles. The summed E-state index contributed by atoms with van der Waals surface area (Å²) in [6.45, 7) is 5.00. The first-order valence-electron chi connectivity index (χ1n) is 17.2. The minimum Gasteiger partial charge on any atom is -0.455 e. The predicted molar refractivity (Wildman–Crippen MR) is 163 cm³/mol. The van der Waals surface area contributed by atoms with Crippen molar-refractivity contribution in [2.24, 2.45) is 0 Å². The molecule has 0 radical (unpaired) electrons. The first-order valence-corrected chi connectivity index (χ1v) is 17.2. The molecule has 2 fully saturated rings. The molecule has 7 nitrogen and oxygen atoms in total. The Balaban J connectivity index is 1.04. The van der Waals surface area contributed by atoms with Gasteiger partial charge in [0.1, 0.15) is 17.9 Å². The quantitative estimate of drug-likeness (QED) is 0.122. The van der Waals surface area contributed by atoms with Crippen molar-refractivity contribution in [2.75, 3.05) is 0 Å². The summed E-state index contributed by atoms with van der Waals surface area (Å²) >= 11 is 0. The first-order chi connectivity index (χ1) is 20.1. The smallest absolute Gasteiger partial charge is 0.334 e. The van der Waals surface area contributed by atoms with Crippen molar-refractivity contribution in [3.63, 3.8) is 0 Å². The summed E-state index contributed by atoms with van der Waals surface area (Å²) in [6, 6.07) is 0. The number of cyclic esters (lactones) is 1. The van der Waals surface area contributed by atoms with Crippen molar-refractivity contribution in [1.29, 1.82) is 0 Å². The minimum absolute atomic E-state index is 0.0392. The summed E-state index contributed by atoms with van der Waals surface area (Å²) in [7, 11) is 0. The van der Waals surface area contributed by atoms with Gasteiger partial charge < -0.3 is 14.2 Å². The number of ether oxygens (including phenoxy) is 3. The average molecular weight is 572 g/mol. The highest BCUT2D eigenvalue weighted by molar-refractivity contribution is 5.90. The number of aromatic nitrogens is 3. The maximum Gasteiger partial charge on any atom is 0.334 e. The van der Waals surface area contributed by atoms with Crippen molar-refractivity contribution >= 4 is 5.97 Å². The van der Waals surface area contributed by atoms with Crippen molar-refractivity contribution in [1.82, 2.24) is 15.0 Å². The van der Waals surface area contributed by atoms with Crippen LogP contribution in [0.4, 0.5) is 0 Å². The molecule has 0 aromatic carbocycles. The highest BCUT2D eigenvalue weighted by Gasteiger charge is 2.27. The third-order valence-corrected chi connectivity index (χ3v) is 9.16. The zero-order valence-corrected chi connectivity index (χ0v) is 26.1. The number of nitrogens with zero attached hydrogens (tertiary/aromatic N) is 3. The van der Waals surface area contributed by atoms with E-state index in [-0.39, 0.29) is 24.3 Å². The van der Waals surface area contributed by atoms with Gasteiger partial charge in [-0.3, -0.25) is 0 Å². The number of carbonyl (C=O) groups is 1. The van der Waals surface area contributed by atoms with E-state index in [1.54, 1.807) is 0 Å². The number of hydrogen-bond acceptors (Lipinski definition) is 6. The second-order valence-electron chi connectivity index (χ2n) is 12.9. The topological polar surface area (TPSA) is 75.5 Å². The molecule has 0 amide bonds. The number of carbonyl (C=O) groups excluding carboxylic acids is 1. The van der Waals surface area contributed by atoms with E-state index in [1.165, 1.54) is 103 Å².